The lowest BCUT2D eigenvalue weighted by Crippen LogP contribution is -2.29. The van der Waals surface area contributed by atoms with Gasteiger partial charge in [-0.1, -0.05) is 52.2 Å². The number of nitrogens with two attached hydrogens (primary N) is 1. The molecule has 0 bridgehead atoms. The van der Waals surface area contributed by atoms with Crippen LogP contribution >= 0.6 is 0 Å². The van der Waals surface area contributed by atoms with E-state index in [1.165, 1.54) is 46.0 Å². The second-order valence-corrected chi connectivity index (χ2v) is 9.80. The smallest absolute Gasteiger partial charge is 0.220 e. The Morgan fingerprint density at radius 1 is 1.21 bits per heavy atom. The summed E-state index contributed by atoms with van der Waals surface area (Å²) in [5, 5.41) is 7.37. The fraction of sp³-hybridized carbons (Fsp3) is 0.444. The standard InChI is InChI=1S/C20H23FN6.C7H14/c1-12(16-9-23-19(22)26-14(16)3)15-6-7-27-18(8-15)17(10-25-27)13(2)24-11-20(4,5)21;1-7-5-3-2-4-6-7/h6-10,24H,1-2,11H2,3-5H3,(H2,22,23,26);7H,2-6H2,1H3. The predicted octanol–water partition coefficient (Wildman–Crippen LogP) is 5.97. The summed E-state index contributed by atoms with van der Waals surface area (Å²) in [5.41, 5.74) is 9.83. The number of aryl methyl sites for hydroxylation is 1. The van der Waals surface area contributed by atoms with Crippen molar-refractivity contribution in [2.45, 2.75) is 65.5 Å². The van der Waals surface area contributed by atoms with Crippen molar-refractivity contribution in [1.29, 1.82) is 0 Å². The second-order valence-electron chi connectivity index (χ2n) is 9.80. The van der Waals surface area contributed by atoms with E-state index < -0.39 is 5.67 Å². The van der Waals surface area contributed by atoms with E-state index in [0.29, 0.717) is 5.70 Å². The SMILES string of the molecule is C=C(c1ccn2ncc(C(=C)NCC(C)(C)F)c2c1)c1cnc(N)nc1C.CC1CCCCC1. The molecular formula is C27H37FN6. The van der Waals surface area contributed by atoms with Crippen molar-refractivity contribution in [1.82, 2.24) is 24.9 Å². The lowest BCUT2D eigenvalue weighted by atomic mass is 9.91. The van der Waals surface area contributed by atoms with E-state index in [1.807, 2.05) is 25.3 Å². The minimum Gasteiger partial charge on any atom is -0.382 e. The number of halogens is 1. The number of aromatic nitrogens is 4. The first-order valence-corrected chi connectivity index (χ1v) is 11.9. The van der Waals surface area contributed by atoms with Crippen LogP contribution in [0, 0.1) is 12.8 Å². The quantitative estimate of drug-likeness (QED) is 0.470. The molecular weight excluding hydrogens is 427 g/mol. The minimum atomic E-state index is -1.34. The van der Waals surface area contributed by atoms with Crippen LogP contribution in [0.1, 0.15) is 75.3 Å². The average Bonchev–Trinajstić information content (AvgIpc) is 3.21. The number of pyridine rings is 1. The number of rotatable bonds is 6. The Hall–Kier alpha value is -3.22. The van der Waals surface area contributed by atoms with Gasteiger partial charge in [-0.25, -0.2) is 18.9 Å². The van der Waals surface area contributed by atoms with Crippen molar-refractivity contribution in [2.75, 3.05) is 12.3 Å². The van der Waals surface area contributed by atoms with Crippen LogP contribution in [0.15, 0.2) is 43.9 Å². The van der Waals surface area contributed by atoms with Gasteiger partial charge in [-0.3, -0.25) is 0 Å². The van der Waals surface area contributed by atoms with Gasteiger partial charge in [-0.05, 0) is 50.0 Å². The van der Waals surface area contributed by atoms with Crippen molar-refractivity contribution in [2.24, 2.45) is 5.92 Å². The van der Waals surface area contributed by atoms with Gasteiger partial charge in [-0.2, -0.15) is 5.10 Å². The second kappa shape index (κ2) is 10.8. The van der Waals surface area contributed by atoms with E-state index in [4.69, 9.17) is 5.73 Å². The van der Waals surface area contributed by atoms with Crippen LogP contribution < -0.4 is 11.1 Å². The summed E-state index contributed by atoms with van der Waals surface area (Å²) in [6.45, 7) is 15.6. The molecule has 4 rings (SSSR count). The zero-order chi connectivity index (χ0) is 24.9. The molecule has 0 amide bonds. The maximum absolute atomic E-state index is 13.8. The summed E-state index contributed by atoms with van der Waals surface area (Å²) in [4.78, 5) is 8.25. The summed E-state index contributed by atoms with van der Waals surface area (Å²) >= 11 is 0. The van der Waals surface area contributed by atoms with Gasteiger partial charge in [0.05, 0.1) is 17.4 Å². The molecule has 0 radical (unpaired) electrons. The lowest BCUT2D eigenvalue weighted by Gasteiger charge is -2.17. The van der Waals surface area contributed by atoms with Crippen molar-refractivity contribution < 1.29 is 4.39 Å². The molecule has 0 spiro atoms. The minimum absolute atomic E-state index is 0.164. The molecule has 1 aliphatic carbocycles. The van der Waals surface area contributed by atoms with Crippen molar-refractivity contribution in [3.8, 4) is 0 Å². The van der Waals surface area contributed by atoms with Gasteiger partial charge in [0.1, 0.15) is 5.67 Å². The topological polar surface area (TPSA) is 81.1 Å². The Bertz CT molecular complexity index is 1150. The largest absolute Gasteiger partial charge is 0.382 e. The molecule has 7 heteroatoms. The molecule has 3 aromatic heterocycles. The number of alkyl halides is 1. The molecule has 6 nitrogen and oxygen atoms in total. The van der Waals surface area contributed by atoms with Gasteiger partial charge >= 0.3 is 0 Å². The van der Waals surface area contributed by atoms with Crippen LogP contribution in [0.25, 0.3) is 16.8 Å². The molecule has 3 heterocycles. The molecule has 3 N–H and O–H groups in total. The molecule has 1 fully saturated rings. The Labute approximate surface area is 202 Å². The molecule has 0 aliphatic heterocycles. The van der Waals surface area contributed by atoms with Crippen molar-refractivity contribution in [3.05, 3.63) is 66.3 Å². The highest BCUT2D eigenvalue weighted by Gasteiger charge is 2.17. The molecule has 0 aromatic carbocycles. The first-order chi connectivity index (χ1) is 16.0. The highest BCUT2D eigenvalue weighted by Crippen LogP contribution is 2.27. The lowest BCUT2D eigenvalue weighted by molar-refractivity contribution is 0.219. The van der Waals surface area contributed by atoms with Crippen LogP contribution in [0.3, 0.4) is 0 Å². The molecule has 1 aliphatic rings. The number of nitrogens with zero attached hydrogens (tertiary/aromatic N) is 4. The summed E-state index contributed by atoms with van der Waals surface area (Å²) in [6.07, 6.45) is 12.7. The van der Waals surface area contributed by atoms with E-state index in [1.54, 1.807) is 16.9 Å². The van der Waals surface area contributed by atoms with Crippen LogP contribution in [0.2, 0.25) is 0 Å². The zero-order valence-corrected chi connectivity index (χ0v) is 20.9. The first-order valence-electron chi connectivity index (χ1n) is 11.9. The van der Waals surface area contributed by atoms with Crippen molar-refractivity contribution in [3.63, 3.8) is 0 Å². The summed E-state index contributed by atoms with van der Waals surface area (Å²) < 4.78 is 15.5. The Morgan fingerprint density at radius 2 is 1.91 bits per heavy atom. The monoisotopic (exact) mass is 464 g/mol. The van der Waals surface area contributed by atoms with Crippen LogP contribution in [0.5, 0.6) is 0 Å². The predicted molar refractivity (Wildman–Crippen MR) is 139 cm³/mol. The average molecular weight is 465 g/mol. The van der Waals surface area contributed by atoms with Gasteiger partial charge in [0.25, 0.3) is 0 Å². The summed E-state index contributed by atoms with van der Waals surface area (Å²) in [6, 6.07) is 3.89. The summed E-state index contributed by atoms with van der Waals surface area (Å²) in [7, 11) is 0. The number of hydrogen-bond donors (Lipinski definition) is 2. The van der Waals surface area contributed by atoms with Gasteiger partial charge < -0.3 is 11.1 Å². The van der Waals surface area contributed by atoms with E-state index in [2.05, 4.69) is 40.5 Å². The van der Waals surface area contributed by atoms with E-state index in [9.17, 15) is 4.39 Å². The number of anilines is 1. The highest BCUT2D eigenvalue weighted by atomic mass is 19.1. The zero-order valence-electron chi connectivity index (χ0n) is 20.9. The molecule has 0 unspecified atom stereocenters. The molecule has 0 saturated heterocycles. The third-order valence-corrected chi connectivity index (χ3v) is 6.13. The van der Waals surface area contributed by atoms with E-state index in [0.717, 1.165) is 39.4 Å². The Kier molecular flexibility index (Phi) is 8.07. The molecule has 0 atom stereocenters. The fourth-order valence-corrected chi connectivity index (χ4v) is 4.06. The number of hydrogen-bond acceptors (Lipinski definition) is 5. The number of nitrogens with one attached hydrogen (secondary N) is 1. The van der Waals surface area contributed by atoms with Gasteiger partial charge in [0, 0.05) is 35.8 Å². The van der Waals surface area contributed by atoms with Gasteiger partial charge in [-0.15, -0.1) is 0 Å². The molecule has 3 aromatic rings. The van der Waals surface area contributed by atoms with Gasteiger partial charge in [0.15, 0.2) is 0 Å². The van der Waals surface area contributed by atoms with Gasteiger partial charge in [0.2, 0.25) is 5.95 Å². The highest BCUT2D eigenvalue weighted by molar-refractivity contribution is 5.83. The maximum Gasteiger partial charge on any atom is 0.220 e. The molecule has 1 saturated carbocycles. The third-order valence-electron chi connectivity index (χ3n) is 6.13. The normalized spacial score (nSPS) is 14.4. The number of nitrogen functional groups attached to an aromatic ring is 1. The maximum atomic E-state index is 13.8. The van der Waals surface area contributed by atoms with E-state index >= 15 is 0 Å². The molecule has 182 valence electrons. The fourth-order valence-electron chi connectivity index (χ4n) is 4.06. The Morgan fingerprint density at radius 3 is 2.50 bits per heavy atom. The molecule has 34 heavy (non-hydrogen) atoms. The summed E-state index contributed by atoms with van der Waals surface area (Å²) in [5.74, 6) is 1.27. The Balaban J connectivity index is 0.000000396. The van der Waals surface area contributed by atoms with E-state index in [-0.39, 0.29) is 12.5 Å². The van der Waals surface area contributed by atoms with Crippen LogP contribution in [-0.4, -0.2) is 31.8 Å². The van der Waals surface area contributed by atoms with Crippen LogP contribution in [0.4, 0.5) is 10.3 Å². The van der Waals surface area contributed by atoms with Crippen molar-refractivity contribution >= 4 is 22.7 Å². The third kappa shape index (κ3) is 6.65. The number of fused-ring (bicyclic) bond motifs is 1. The first kappa shape index (κ1) is 25.4. The van der Waals surface area contributed by atoms with Crippen LogP contribution in [-0.2, 0) is 0 Å².